The Morgan fingerprint density at radius 1 is 1.36 bits per heavy atom. The molecule has 3 aromatic rings. The van der Waals surface area contributed by atoms with Crippen molar-refractivity contribution in [3.05, 3.63) is 35.3 Å². The third-order valence-electron chi connectivity index (χ3n) is 5.14. The number of hydrogen-bond acceptors (Lipinski definition) is 5. The Morgan fingerprint density at radius 2 is 2.32 bits per heavy atom. The highest BCUT2D eigenvalue weighted by atomic mass is 32.1. The second-order valence-corrected chi connectivity index (χ2v) is 7.71. The van der Waals surface area contributed by atoms with E-state index in [0.717, 1.165) is 43.2 Å². The monoisotopic (exact) mass is 355 g/mol. The van der Waals surface area contributed by atoms with Gasteiger partial charge in [0.05, 0.1) is 17.3 Å². The Bertz CT molecular complexity index is 855. The molecule has 0 amide bonds. The summed E-state index contributed by atoms with van der Waals surface area (Å²) in [5.41, 5.74) is 2.32. The Morgan fingerprint density at radius 3 is 3.16 bits per heavy atom. The number of benzene rings is 1. The summed E-state index contributed by atoms with van der Waals surface area (Å²) in [4.78, 5) is 4.65. The molecule has 0 saturated carbocycles. The standard InChI is InChI=1S/C20H25N3OS/c1-24-18-5-4-17-20(16-7-10-25-19(16)13-23-17)15(18)6-9-22-12-14-3-2-8-21-11-14/h4-5,7,10,13-14,21-22H,2-3,6,8-9,11-12H2,1H3. The van der Waals surface area contributed by atoms with Crippen LogP contribution in [0.2, 0.25) is 0 Å². The minimum atomic E-state index is 0.758. The second-order valence-electron chi connectivity index (χ2n) is 6.76. The summed E-state index contributed by atoms with van der Waals surface area (Å²) in [6.45, 7) is 4.37. The number of fused-ring (bicyclic) bond motifs is 3. The summed E-state index contributed by atoms with van der Waals surface area (Å²) in [6, 6.07) is 6.32. The summed E-state index contributed by atoms with van der Waals surface area (Å²) < 4.78 is 6.90. The van der Waals surface area contributed by atoms with Crippen LogP contribution in [0.3, 0.4) is 0 Å². The van der Waals surface area contributed by atoms with Gasteiger partial charge >= 0.3 is 0 Å². The molecule has 0 aliphatic carbocycles. The van der Waals surface area contributed by atoms with Gasteiger partial charge in [-0.05, 0) is 74.9 Å². The highest BCUT2D eigenvalue weighted by Gasteiger charge is 2.14. The molecule has 1 unspecified atom stereocenters. The second kappa shape index (κ2) is 7.68. The topological polar surface area (TPSA) is 46.2 Å². The van der Waals surface area contributed by atoms with Gasteiger partial charge in [0.25, 0.3) is 0 Å². The molecule has 5 heteroatoms. The summed E-state index contributed by atoms with van der Waals surface area (Å²) >= 11 is 1.75. The molecule has 4 rings (SSSR count). The van der Waals surface area contributed by atoms with Crippen LogP contribution in [0.4, 0.5) is 0 Å². The third-order valence-corrected chi connectivity index (χ3v) is 5.99. The smallest absolute Gasteiger partial charge is 0.122 e. The minimum absolute atomic E-state index is 0.758. The number of thiophene rings is 1. The van der Waals surface area contributed by atoms with Crippen LogP contribution in [0, 0.1) is 5.92 Å². The molecule has 1 saturated heterocycles. The molecule has 25 heavy (non-hydrogen) atoms. The molecule has 2 N–H and O–H groups in total. The number of piperidine rings is 1. The zero-order valence-electron chi connectivity index (χ0n) is 14.7. The van der Waals surface area contributed by atoms with Gasteiger partial charge in [-0.25, -0.2) is 0 Å². The molecule has 132 valence electrons. The number of ether oxygens (including phenoxy) is 1. The van der Waals surface area contributed by atoms with Crippen molar-refractivity contribution < 1.29 is 4.74 Å². The predicted octanol–water partition coefficient (Wildman–Crippen LogP) is 3.59. The molecule has 1 atom stereocenters. The molecule has 0 radical (unpaired) electrons. The highest BCUT2D eigenvalue weighted by molar-refractivity contribution is 7.17. The van der Waals surface area contributed by atoms with Crippen LogP contribution >= 0.6 is 11.3 Å². The first-order chi connectivity index (χ1) is 12.4. The third kappa shape index (κ3) is 3.50. The Kier molecular flexibility index (Phi) is 5.15. The van der Waals surface area contributed by atoms with E-state index in [2.05, 4.69) is 33.1 Å². The molecule has 2 aromatic heterocycles. The normalized spacial score (nSPS) is 18.0. The van der Waals surface area contributed by atoms with Crippen LogP contribution in [0.1, 0.15) is 18.4 Å². The molecule has 4 nitrogen and oxygen atoms in total. The lowest BCUT2D eigenvalue weighted by atomic mass is 9.99. The fourth-order valence-electron chi connectivity index (χ4n) is 3.84. The van der Waals surface area contributed by atoms with Gasteiger partial charge in [0.2, 0.25) is 0 Å². The fraction of sp³-hybridized carbons (Fsp3) is 0.450. The number of nitrogens with one attached hydrogen (secondary N) is 2. The first kappa shape index (κ1) is 16.8. The molecule has 1 fully saturated rings. The van der Waals surface area contributed by atoms with Crippen molar-refractivity contribution in [1.29, 1.82) is 0 Å². The summed E-state index contributed by atoms with van der Waals surface area (Å²) in [6.07, 6.45) is 5.56. The maximum atomic E-state index is 5.66. The zero-order valence-corrected chi connectivity index (χ0v) is 15.5. The Labute approximate surface area is 152 Å². The SMILES string of the molecule is COc1ccc2ncc3sccc3c2c1CCNCC1CCCNC1. The van der Waals surface area contributed by atoms with Crippen molar-refractivity contribution in [1.82, 2.24) is 15.6 Å². The van der Waals surface area contributed by atoms with Gasteiger partial charge in [-0.3, -0.25) is 4.98 Å². The Balaban J connectivity index is 1.55. The van der Waals surface area contributed by atoms with Crippen LogP contribution in [0.15, 0.2) is 29.8 Å². The van der Waals surface area contributed by atoms with Crippen molar-refractivity contribution in [3.63, 3.8) is 0 Å². The maximum absolute atomic E-state index is 5.66. The number of nitrogens with zero attached hydrogens (tertiary/aromatic N) is 1. The van der Waals surface area contributed by atoms with Crippen LogP contribution in [0.5, 0.6) is 5.75 Å². The van der Waals surface area contributed by atoms with E-state index >= 15 is 0 Å². The molecule has 0 bridgehead atoms. The number of rotatable bonds is 6. The highest BCUT2D eigenvalue weighted by Crippen LogP contribution is 2.34. The van der Waals surface area contributed by atoms with Crippen LogP contribution < -0.4 is 15.4 Å². The average molecular weight is 356 g/mol. The number of aromatic nitrogens is 1. The number of methoxy groups -OCH3 is 1. The van der Waals surface area contributed by atoms with E-state index in [4.69, 9.17) is 4.74 Å². The van der Waals surface area contributed by atoms with Gasteiger partial charge in [0.1, 0.15) is 5.75 Å². The average Bonchev–Trinajstić information content (AvgIpc) is 3.14. The van der Waals surface area contributed by atoms with Gasteiger partial charge in [-0.15, -0.1) is 11.3 Å². The molecular formula is C20H25N3OS. The van der Waals surface area contributed by atoms with E-state index in [0.29, 0.717) is 0 Å². The van der Waals surface area contributed by atoms with E-state index < -0.39 is 0 Å². The molecule has 1 aromatic carbocycles. The summed E-state index contributed by atoms with van der Waals surface area (Å²) in [5.74, 6) is 1.72. The predicted molar refractivity (Wildman–Crippen MR) is 106 cm³/mol. The molecule has 3 heterocycles. The van der Waals surface area contributed by atoms with E-state index in [-0.39, 0.29) is 0 Å². The van der Waals surface area contributed by atoms with Gasteiger partial charge in [0.15, 0.2) is 0 Å². The van der Waals surface area contributed by atoms with Crippen molar-refractivity contribution in [2.75, 3.05) is 33.3 Å². The lowest BCUT2D eigenvalue weighted by molar-refractivity contribution is 0.360. The lowest BCUT2D eigenvalue weighted by Crippen LogP contribution is -2.36. The van der Waals surface area contributed by atoms with E-state index in [1.165, 1.54) is 40.4 Å². The van der Waals surface area contributed by atoms with Gasteiger partial charge < -0.3 is 15.4 Å². The van der Waals surface area contributed by atoms with E-state index in [1.54, 1.807) is 18.4 Å². The van der Waals surface area contributed by atoms with Crippen LogP contribution in [-0.2, 0) is 6.42 Å². The summed E-state index contributed by atoms with van der Waals surface area (Å²) in [5, 5.41) is 11.8. The van der Waals surface area contributed by atoms with Crippen LogP contribution in [0.25, 0.3) is 21.0 Å². The van der Waals surface area contributed by atoms with Gasteiger partial charge in [-0.1, -0.05) is 0 Å². The van der Waals surface area contributed by atoms with Crippen LogP contribution in [-0.4, -0.2) is 38.3 Å². The number of hydrogen-bond donors (Lipinski definition) is 2. The lowest BCUT2D eigenvalue weighted by Gasteiger charge is -2.23. The quantitative estimate of drug-likeness (QED) is 0.664. The maximum Gasteiger partial charge on any atom is 0.122 e. The number of pyridine rings is 1. The molecule has 1 aliphatic heterocycles. The first-order valence-electron chi connectivity index (χ1n) is 9.10. The first-order valence-corrected chi connectivity index (χ1v) is 9.98. The van der Waals surface area contributed by atoms with Crippen molar-refractivity contribution >= 4 is 32.3 Å². The fourth-order valence-corrected chi connectivity index (χ4v) is 4.60. The van der Waals surface area contributed by atoms with Gasteiger partial charge in [-0.2, -0.15) is 0 Å². The molecule has 0 spiro atoms. The largest absolute Gasteiger partial charge is 0.496 e. The zero-order chi connectivity index (χ0) is 17.1. The van der Waals surface area contributed by atoms with Crippen molar-refractivity contribution in [3.8, 4) is 5.75 Å². The van der Waals surface area contributed by atoms with Gasteiger partial charge in [0, 0.05) is 22.5 Å². The van der Waals surface area contributed by atoms with Crippen molar-refractivity contribution in [2.45, 2.75) is 19.3 Å². The van der Waals surface area contributed by atoms with Crippen molar-refractivity contribution in [2.24, 2.45) is 5.92 Å². The Hall–Kier alpha value is -1.69. The molecule has 1 aliphatic rings. The molecular weight excluding hydrogens is 330 g/mol. The minimum Gasteiger partial charge on any atom is -0.496 e. The van der Waals surface area contributed by atoms with E-state index in [9.17, 15) is 0 Å². The van der Waals surface area contributed by atoms with E-state index in [1.807, 2.05) is 12.3 Å². The summed E-state index contributed by atoms with van der Waals surface area (Å²) in [7, 11) is 1.76.